The fraction of sp³-hybridized carbons (Fsp3) is 0.438. The number of anilines is 1. The lowest BCUT2D eigenvalue weighted by atomic mass is 10.1. The van der Waals surface area contributed by atoms with Gasteiger partial charge in [-0.15, -0.1) is 0 Å². The van der Waals surface area contributed by atoms with Gasteiger partial charge in [-0.25, -0.2) is 4.79 Å². The Hall–Kier alpha value is -2.57. The maximum absolute atomic E-state index is 12.2. The third kappa shape index (κ3) is 3.61. The molecule has 7 nitrogen and oxygen atoms in total. The fourth-order valence-electron chi connectivity index (χ4n) is 2.70. The van der Waals surface area contributed by atoms with E-state index in [4.69, 9.17) is 5.11 Å². The van der Waals surface area contributed by atoms with Crippen LogP contribution in [0.2, 0.25) is 0 Å². The number of nitrogens with zero attached hydrogens (tertiary/aromatic N) is 1. The molecule has 3 amide bonds. The van der Waals surface area contributed by atoms with Crippen molar-refractivity contribution in [2.45, 2.75) is 37.8 Å². The molecular weight excluding hydrogens is 298 g/mol. The molecule has 0 unspecified atom stereocenters. The highest BCUT2D eigenvalue weighted by atomic mass is 16.4. The van der Waals surface area contributed by atoms with Gasteiger partial charge in [0.25, 0.3) is 5.91 Å². The predicted octanol–water partition coefficient (Wildman–Crippen LogP) is 1.66. The lowest BCUT2D eigenvalue weighted by Gasteiger charge is -2.20. The molecule has 3 N–H and O–H groups in total. The molecule has 1 heterocycles. The molecule has 3 rings (SSSR count). The zero-order valence-corrected chi connectivity index (χ0v) is 12.6. The van der Waals surface area contributed by atoms with Crippen LogP contribution in [0.1, 0.15) is 36.0 Å². The lowest BCUT2D eigenvalue weighted by Crippen LogP contribution is -2.42. The summed E-state index contributed by atoms with van der Waals surface area (Å²) in [4.78, 5) is 36.3. The third-order valence-electron chi connectivity index (χ3n) is 4.13. The van der Waals surface area contributed by atoms with Gasteiger partial charge in [0.1, 0.15) is 6.04 Å². The van der Waals surface area contributed by atoms with Gasteiger partial charge in [-0.1, -0.05) is 0 Å². The first kappa shape index (κ1) is 15.3. The third-order valence-corrected chi connectivity index (χ3v) is 4.13. The van der Waals surface area contributed by atoms with Crippen LogP contribution < -0.4 is 10.6 Å². The quantitative estimate of drug-likeness (QED) is 0.786. The van der Waals surface area contributed by atoms with E-state index in [0.717, 1.165) is 17.7 Å². The van der Waals surface area contributed by atoms with Gasteiger partial charge >= 0.3 is 6.09 Å². The number of carboxylic acid groups (broad SMARTS) is 1. The minimum atomic E-state index is -1.07. The zero-order chi connectivity index (χ0) is 16.4. The summed E-state index contributed by atoms with van der Waals surface area (Å²) in [5.41, 5.74) is 1.10. The van der Waals surface area contributed by atoms with E-state index >= 15 is 0 Å². The van der Waals surface area contributed by atoms with Gasteiger partial charge in [-0.05, 0) is 49.9 Å². The van der Waals surface area contributed by atoms with E-state index in [0.29, 0.717) is 36.7 Å². The van der Waals surface area contributed by atoms with Crippen LogP contribution in [-0.2, 0) is 4.79 Å². The number of nitrogens with one attached hydrogen (secondary N) is 2. The van der Waals surface area contributed by atoms with Crippen molar-refractivity contribution in [1.82, 2.24) is 10.2 Å². The second-order valence-corrected chi connectivity index (χ2v) is 5.95. The van der Waals surface area contributed by atoms with Crippen molar-refractivity contribution in [2.24, 2.45) is 0 Å². The Morgan fingerprint density at radius 2 is 1.78 bits per heavy atom. The molecule has 1 aromatic rings. The Balaban J connectivity index is 1.60. The van der Waals surface area contributed by atoms with Crippen molar-refractivity contribution >= 4 is 23.6 Å². The molecule has 1 atom stereocenters. The predicted molar refractivity (Wildman–Crippen MR) is 83.3 cm³/mol. The molecule has 0 aromatic heterocycles. The first-order valence-electron chi connectivity index (χ1n) is 7.76. The number of amides is 3. The van der Waals surface area contributed by atoms with Crippen molar-refractivity contribution in [3.8, 4) is 0 Å². The summed E-state index contributed by atoms with van der Waals surface area (Å²) in [6, 6.07) is 6.25. The number of hydrogen-bond acceptors (Lipinski definition) is 3. The van der Waals surface area contributed by atoms with Gasteiger partial charge in [0, 0.05) is 23.8 Å². The smallest absolute Gasteiger partial charge is 0.407 e. The first-order chi connectivity index (χ1) is 11.0. The maximum atomic E-state index is 12.2. The normalized spacial score (nSPS) is 20.2. The van der Waals surface area contributed by atoms with Crippen LogP contribution in [0, 0.1) is 0 Å². The number of carbonyl (C=O) groups excluding carboxylic acids is 2. The van der Waals surface area contributed by atoms with E-state index in [-0.39, 0.29) is 11.8 Å². The topological polar surface area (TPSA) is 98.7 Å². The maximum Gasteiger partial charge on any atom is 0.407 e. The molecule has 7 heteroatoms. The molecule has 1 aromatic carbocycles. The number of rotatable bonds is 4. The van der Waals surface area contributed by atoms with Crippen molar-refractivity contribution in [3.05, 3.63) is 29.8 Å². The molecule has 2 aliphatic rings. The summed E-state index contributed by atoms with van der Waals surface area (Å²) >= 11 is 0. The largest absolute Gasteiger partial charge is 0.465 e. The highest BCUT2D eigenvalue weighted by molar-refractivity contribution is 5.98. The molecule has 0 spiro atoms. The molecule has 2 fully saturated rings. The van der Waals surface area contributed by atoms with Crippen LogP contribution in [0.25, 0.3) is 0 Å². The molecule has 122 valence electrons. The Bertz CT molecular complexity index is 625. The zero-order valence-electron chi connectivity index (χ0n) is 12.6. The molecule has 23 heavy (non-hydrogen) atoms. The standard InChI is InChI=1S/C16H19N3O4/c20-14(17-12-7-8-12)10-3-5-11(6-4-10)18-15(21)13-2-1-9-19(13)16(22)23/h3-6,12-13H,1-2,7-9H2,(H,17,20)(H,18,21)(H,22,23)/t13-/m0/s1. The minimum Gasteiger partial charge on any atom is -0.465 e. The average Bonchev–Trinajstić information content (AvgIpc) is 3.19. The summed E-state index contributed by atoms with van der Waals surface area (Å²) in [6.07, 6.45) is 2.20. The molecule has 1 saturated heterocycles. The second-order valence-electron chi connectivity index (χ2n) is 5.95. The second kappa shape index (κ2) is 6.28. The molecule has 0 radical (unpaired) electrons. The van der Waals surface area contributed by atoms with E-state index < -0.39 is 12.1 Å². The molecular formula is C16H19N3O4. The SMILES string of the molecule is O=C(NC1CC1)c1ccc(NC(=O)[C@@H]2CCCN2C(=O)O)cc1. The van der Waals surface area contributed by atoms with Gasteiger partial charge in [-0.2, -0.15) is 0 Å². The van der Waals surface area contributed by atoms with Gasteiger partial charge in [0.05, 0.1) is 0 Å². The lowest BCUT2D eigenvalue weighted by molar-refractivity contribution is -0.119. The summed E-state index contributed by atoms with van der Waals surface area (Å²) in [7, 11) is 0. The molecule has 1 saturated carbocycles. The van der Waals surface area contributed by atoms with Crippen LogP contribution >= 0.6 is 0 Å². The van der Waals surface area contributed by atoms with E-state index in [1.165, 1.54) is 0 Å². The van der Waals surface area contributed by atoms with Gasteiger partial charge in [0.15, 0.2) is 0 Å². The average molecular weight is 317 g/mol. The number of carbonyl (C=O) groups is 3. The number of benzene rings is 1. The Morgan fingerprint density at radius 3 is 2.39 bits per heavy atom. The number of likely N-dealkylation sites (tertiary alicyclic amines) is 1. The highest BCUT2D eigenvalue weighted by Crippen LogP contribution is 2.21. The monoisotopic (exact) mass is 317 g/mol. The summed E-state index contributed by atoms with van der Waals surface area (Å²) < 4.78 is 0. The van der Waals surface area contributed by atoms with Gasteiger partial charge in [-0.3, -0.25) is 14.5 Å². The van der Waals surface area contributed by atoms with E-state index in [1.807, 2.05) is 0 Å². The van der Waals surface area contributed by atoms with E-state index in [2.05, 4.69) is 10.6 Å². The minimum absolute atomic E-state index is 0.113. The Kier molecular flexibility index (Phi) is 4.18. The van der Waals surface area contributed by atoms with Gasteiger partial charge in [0.2, 0.25) is 5.91 Å². The highest BCUT2D eigenvalue weighted by Gasteiger charge is 2.34. The van der Waals surface area contributed by atoms with Crippen molar-refractivity contribution < 1.29 is 19.5 Å². The van der Waals surface area contributed by atoms with Crippen molar-refractivity contribution in [2.75, 3.05) is 11.9 Å². The Labute approximate surface area is 133 Å². The summed E-state index contributed by atoms with van der Waals surface area (Å²) in [5, 5.41) is 14.7. The first-order valence-corrected chi connectivity index (χ1v) is 7.76. The van der Waals surface area contributed by atoms with Gasteiger partial charge < -0.3 is 15.7 Å². The van der Waals surface area contributed by atoms with E-state index in [9.17, 15) is 14.4 Å². The molecule has 1 aliphatic carbocycles. The number of hydrogen-bond donors (Lipinski definition) is 3. The van der Waals surface area contributed by atoms with E-state index in [1.54, 1.807) is 24.3 Å². The van der Waals surface area contributed by atoms with Crippen LogP contribution in [-0.4, -0.2) is 46.5 Å². The van der Waals surface area contributed by atoms with Crippen LogP contribution in [0.3, 0.4) is 0 Å². The van der Waals surface area contributed by atoms with Crippen LogP contribution in [0.5, 0.6) is 0 Å². The summed E-state index contributed by atoms with van der Waals surface area (Å²) in [6.45, 7) is 0.383. The van der Waals surface area contributed by atoms with Crippen molar-refractivity contribution in [1.29, 1.82) is 0 Å². The van der Waals surface area contributed by atoms with Crippen LogP contribution in [0.4, 0.5) is 10.5 Å². The van der Waals surface area contributed by atoms with Crippen LogP contribution in [0.15, 0.2) is 24.3 Å². The molecule has 0 bridgehead atoms. The summed E-state index contributed by atoms with van der Waals surface area (Å²) in [5.74, 6) is -0.446. The molecule has 1 aliphatic heterocycles. The fourth-order valence-corrected chi connectivity index (χ4v) is 2.70. The van der Waals surface area contributed by atoms with Crippen molar-refractivity contribution in [3.63, 3.8) is 0 Å². The Morgan fingerprint density at radius 1 is 1.09 bits per heavy atom.